The van der Waals surface area contributed by atoms with Crippen LogP contribution in [0.4, 0.5) is 0 Å². The summed E-state index contributed by atoms with van der Waals surface area (Å²) in [5.74, 6) is -2.34. The molecule has 0 saturated carbocycles. The van der Waals surface area contributed by atoms with Crippen molar-refractivity contribution < 1.29 is 80.2 Å². The first kappa shape index (κ1) is 100. The predicted molar refractivity (Wildman–Crippen MR) is 436 cm³/mol. The molecule has 0 aliphatic carbocycles. The van der Waals surface area contributed by atoms with Gasteiger partial charge in [0.25, 0.3) is 0 Å². The van der Waals surface area contributed by atoms with Crippen LogP contribution in [-0.4, -0.2) is 96.7 Å². The van der Waals surface area contributed by atoms with Crippen molar-refractivity contribution in [3.8, 4) is 0 Å². The number of carbonyl (C=O) groups excluding carboxylic acids is 4. The molecule has 0 aliphatic rings. The van der Waals surface area contributed by atoms with Crippen molar-refractivity contribution in [3.63, 3.8) is 0 Å². The average Bonchev–Trinajstić information content (AvgIpc) is 0.902. The summed E-state index contributed by atoms with van der Waals surface area (Å²) in [6.45, 7) is 4.44. The van der Waals surface area contributed by atoms with E-state index in [-0.39, 0.29) is 25.7 Å². The molecule has 0 aromatic rings. The first-order valence-corrected chi connectivity index (χ1v) is 43.4. The van der Waals surface area contributed by atoms with Gasteiger partial charge < -0.3 is 33.8 Å². The first-order valence-electron chi connectivity index (χ1n) is 40.4. The van der Waals surface area contributed by atoms with Gasteiger partial charge in [-0.3, -0.25) is 37.3 Å². The maximum atomic E-state index is 13.1. The third-order valence-corrected chi connectivity index (χ3v) is 18.1. The Labute approximate surface area is 642 Å². The molecule has 0 heterocycles. The van der Waals surface area contributed by atoms with Crippen molar-refractivity contribution >= 4 is 39.5 Å². The summed E-state index contributed by atoms with van der Waals surface area (Å²) >= 11 is 0. The molecule has 5 atom stereocenters. The Morgan fingerprint density at radius 2 is 0.509 bits per heavy atom. The Hall–Kier alpha value is -5.58. The number of aliphatic hydroxyl groups is 1. The van der Waals surface area contributed by atoms with E-state index in [2.05, 4.69) is 180 Å². The van der Waals surface area contributed by atoms with Crippen LogP contribution >= 0.6 is 15.6 Å². The van der Waals surface area contributed by atoms with E-state index in [1.807, 2.05) is 18.2 Å². The van der Waals surface area contributed by atoms with E-state index in [0.717, 1.165) is 173 Å². The number of hydrogen-bond donors (Lipinski definition) is 3. The molecule has 0 aromatic heterocycles. The van der Waals surface area contributed by atoms with E-state index in [0.29, 0.717) is 32.1 Å². The van der Waals surface area contributed by atoms with Crippen molar-refractivity contribution in [2.75, 3.05) is 39.6 Å². The molecule has 17 nitrogen and oxygen atoms in total. The van der Waals surface area contributed by atoms with Gasteiger partial charge in [-0.1, -0.05) is 275 Å². The fourth-order valence-corrected chi connectivity index (χ4v) is 11.6. The van der Waals surface area contributed by atoms with E-state index in [9.17, 15) is 43.2 Å². The van der Waals surface area contributed by atoms with Gasteiger partial charge in [-0.05, 0) is 167 Å². The van der Waals surface area contributed by atoms with Crippen molar-refractivity contribution in [2.24, 2.45) is 0 Å². The molecule has 602 valence electrons. The van der Waals surface area contributed by atoms with Gasteiger partial charge in [-0.25, -0.2) is 9.13 Å². The van der Waals surface area contributed by atoms with Crippen LogP contribution in [0.5, 0.6) is 0 Å². The molecule has 0 radical (unpaired) electrons. The summed E-state index contributed by atoms with van der Waals surface area (Å²) in [6.07, 6.45) is 92.0. The molecule has 3 N–H and O–H groups in total. The molecule has 0 rings (SSSR count). The number of esters is 4. The molecule has 0 saturated heterocycles. The van der Waals surface area contributed by atoms with Gasteiger partial charge in [-0.15, -0.1) is 0 Å². The molecule has 0 fully saturated rings. The summed E-state index contributed by atoms with van der Waals surface area (Å²) < 4.78 is 68.5. The van der Waals surface area contributed by atoms with E-state index < -0.39 is 97.5 Å². The summed E-state index contributed by atoms with van der Waals surface area (Å²) in [5.41, 5.74) is 0. The van der Waals surface area contributed by atoms with Crippen LogP contribution in [0.15, 0.2) is 170 Å². The Kier molecular flexibility index (Phi) is 73.5. The normalized spacial score (nSPS) is 14.7. The molecule has 0 aliphatic heterocycles. The largest absolute Gasteiger partial charge is 0.472 e. The summed E-state index contributed by atoms with van der Waals surface area (Å²) in [6, 6.07) is 0. The number of phosphoric acid groups is 2. The number of phosphoric ester groups is 2. The standard InChI is InChI=1S/C87H142O17P2/c1-5-9-13-17-21-25-29-33-37-39-40-42-46-50-54-58-62-66-70-74-87(92)104-83(78-98-85(90)72-68-64-60-56-52-48-45-41-38-34-30-26-22-18-14-10-6-2)80-102-106(95,96)100-76-81(88)75-99-105(93,94)101-79-82(103-86(91)73-69-65-61-57-53-49-44-36-32-28-24-20-16-12-8-4)77-97-84(89)71-67-63-59-55-51-47-43-35-31-27-23-19-15-11-7-3/h9-10,13-14,21-28,33-38,40,42-45,48,50,54,62,66,81-83,88H,5-8,11-12,15-20,29-32,39,41,46-47,49,51-53,55-61,63-65,67-80H2,1-4H3,(H,93,94)(H,95,96)/b13-9-,14-10-,25-21-,26-22-,27-23-,28-24-,37-33-,38-34-,42-40-,43-35-,44-36-,48-45-,54-50-,66-62-/t81?,82-,83-/m1/s1. The number of hydrogen-bond acceptors (Lipinski definition) is 15. The first-order chi connectivity index (χ1) is 51.7. The highest BCUT2D eigenvalue weighted by molar-refractivity contribution is 7.47. The van der Waals surface area contributed by atoms with Crippen LogP contribution in [0.1, 0.15) is 297 Å². The van der Waals surface area contributed by atoms with Crippen molar-refractivity contribution in [1.82, 2.24) is 0 Å². The van der Waals surface area contributed by atoms with Crippen LogP contribution in [0.2, 0.25) is 0 Å². The molecule has 0 bridgehead atoms. The molecule has 19 heteroatoms. The topological polar surface area (TPSA) is 237 Å². The Balaban J connectivity index is 5.51. The van der Waals surface area contributed by atoms with Crippen LogP contribution in [0.25, 0.3) is 0 Å². The zero-order chi connectivity index (χ0) is 77.4. The van der Waals surface area contributed by atoms with Gasteiger partial charge in [0.1, 0.15) is 19.3 Å². The Morgan fingerprint density at radius 1 is 0.274 bits per heavy atom. The van der Waals surface area contributed by atoms with Crippen molar-refractivity contribution in [2.45, 2.75) is 316 Å². The van der Waals surface area contributed by atoms with Crippen molar-refractivity contribution in [1.29, 1.82) is 0 Å². The minimum Gasteiger partial charge on any atom is -0.462 e. The summed E-state index contributed by atoms with van der Waals surface area (Å²) in [5, 5.41) is 10.6. The van der Waals surface area contributed by atoms with E-state index in [4.69, 9.17) is 37.0 Å². The van der Waals surface area contributed by atoms with Gasteiger partial charge in [0.2, 0.25) is 0 Å². The van der Waals surface area contributed by atoms with Crippen LogP contribution in [0, 0.1) is 0 Å². The zero-order valence-electron chi connectivity index (χ0n) is 65.8. The third-order valence-electron chi connectivity index (χ3n) is 16.2. The highest BCUT2D eigenvalue weighted by Crippen LogP contribution is 2.45. The second-order valence-corrected chi connectivity index (χ2v) is 29.1. The number of aliphatic hydroxyl groups excluding tert-OH is 1. The highest BCUT2D eigenvalue weighted by atomic mass is 31.2. The summed E-state index contributed by atoms with van der Waals surface area (Å²) in [4.78, 5) is 73.1. The van der Waals surface area contributed by atoms with Gasteiger partial charge in [-0.2, -0.15) is 0 Å². The molecule has 106 heavy (non-hydrogen) atoms. The lowest BCUT2D eigenvalue weighted by Gasteiger charge is -2.21. The van der Waals surface area contributed by atoms with Crippen LogP contribution in [-0.2, 0) is 65.4 Å². The number of carbonyl (C=O) groups is 4. The monoisotopic (exact) mass is 1520 g/mol. The molecular weight excluding hydrogens is 1380 g/mol. The highest BCUT2D eigenvalue weighted by Gasteiger charge is 2.30. The molecule has 0 spiro atoms. The van der Waals surface area contributed by atoms with E-state index in [1.54, 1.807) is 0 Å². The van der Waals surface area contributed by atoms with E-state index in [1.165, 1.54) is 38.5 Å². The number of rotatable bonds is 74. The fourth-order valence-electron chi connectivity index (χ4n) is 10.1. The van der Waals surface area contributed by atoms with Gasteiger partial charge >= 0.3 is 39.5 Å². The average molecular weight is 1520 g/mol. The maximum Gasteiger partial charge on any atom is 0.472 e. The number of allylic oxidation sites excluding steroid dienone is 28. The SMILES string of the molecule is CC/C=C\C/C=C\C/C=C\C/C=C\C/C=C\C/C=C\CCC(=O)O[C@H](COC(=O)CCCCCC/C=C\C/C=C\C/C=C\C/C=C\CC)COP(=O)(O)OCC(O)COP(=O)(O)OC[C@@H](COC(=O)CCCCCCC/C=C\C/C=C\CCCCC)OC(=O)CCCCCCC/C=C\C/C=C\CCCCC. The Morgan fingerprint density at radius 3 is 0.811 bits per heavy atom. The zero-order valence-corrected chi connectivity index (χ0v) is 67.6. The van der Waals surface area contributed by atoms with Gasteiger partial charge in [0.15, 0.2) is 12.2 Å². The molecule has 0 aromatic carbocycles. The molecule has 3 unspecified atom stereocenters. The maximum absolute atomic E-state index is 13.1. The lowest BCUT2D eigenvalue weighted by Crippen LogP contribution is -2.30. The van der Waals surface area contributed by atoms with Crippen molar-refractivity contribution in [3.05, 3.63) is 170 Å². The minimum absolute atomic E-state index is 0.0428. The Bertz CT molecular complexity index is 2680. The minimum atomic E-state index is -5.01. The predicted octanol–water partition coefficient (Wildman–Crippen LogP) is 23.8. The number of unbranched alkanes of at least 4 members (excludes halogenated alkanes) is 20. The third kappa shape index (κ3) is 76.6. The second-order valence-electron chi connectivity index (χ2n) is 26.2. The number of ether oxygens (including phenoxy) is 4. The molecular formula is C87H142O17P2. The van der Waals surface area contributed by atoms with Gasteiger partial charge in [0, 0.05) is 25.7 Å². The fraction of sp³-hybridized carbons (Fsp3) is 0.632. The second kappa shape index (κ2) is 77.6. The summed E-state index contributed by atoms with van der Waals surface area (Å²) in [7, 11) is -10.0. The van der Waals surface area contributed by atoms with Crippen LogP contribution < -0.4 is 0 Å². The van der Waals surface area contributed by atoms with Crippen LogP contribution in [0.3, 0.4) is 0 Å². The van der Waals surface area contributed by atoms with Gasteiger partial charge in [0.05, 0.1) is 26.4 Å². The van der Waals surface area contributed by atoms with E-state index >= 15 is 0 Å². The molecule has 0 amide bonds. The lowest BCUT2D eigenvalue weighted by atomic mass is 10.1. The quantitative estimate of drug-likeness (QED) is 0.0169. The lowest BCUT2D eigenvalue weighted by molar-refractivity contribution is -0.161. The smallest absolute Gasteiger partial charge is 0.462 e.